The van der Waals surface area contributed by atoms with Crippen molar-refractivity contribution in [3.63, 3.8) is 0 Å². The summed E-state index contributed by atoms with van der Waals surface area (Å²) in [7, 11) is 0. The summed E-state index contributed by atoms with van der Waals surface area (Å²) >= 11 is 0. The Morgan fingerprint density at radius 2 is 1.97 bits per heavy atom. The Kier molecular flexibility index (Phi) is 7.40. The Labute approximate surface area is 207 Å². The van der Waals surface area contributed by atoms with E-state index < -0.39 is 10.5 Å². The third-order valence-electron chi connectivity index (χ3n) is 5.75. The topological polar surface area (TPSA) is 135 Å². The number of rotatable bonds is 8. The Morgan fingerprint density at radius 3 is 2.64 bits per heavy atom. The summed E-state index contributed by atoms with van der Waals surface area (Å²) in [6.07, 6.45) is 2.91. The second kappa shape index (κ2) is 10.8. The van der Waals surface area contributed by atoms with Crippen molar-refractivity contribution >= 4 is 29.4 Å². The van der Waals surface area contributed by atoms with E-state index in [1.54, 1.807) is 36.4 Å². The van der Waals surface area contributed by atoms with Crippen LogP contribution in [-0.2, 0) is 4.74 Å². The molecule has 1 aliphatic rings. The van der Waals surface area contributed by atoms with Gasteiger partial charge in [0.25, 0.3) is 11.2 Å². The highest BCUT2D eigenvalue weighted by molar-refractivity contribution is 5.84. The molecule has 0 saturated carbocycles. The molecule has 3 aromatic rings. The molecule has 0 atom stereocenters. The first-order valence-electron chi connectivity index (χ1n) is 11.4. The maximum absolute atomic E-state index is 13.4. The number of oxime groups is 1. The van der Waals surface area contributed by atoms with Gasteiger partial charge < -0.3 is 20.2 Å². The molecule has 186 valence electrons. The highest BCUT2D eigenvalue weighted by Crippen LogP contribution is 2.29. The molecule has 2 N–H and O–H groups in total. The summed E-state index contributed by atoms with van der Waals surface area (Å²) in [6.45, 7) is 8.46. The predicted molar refractivity (Wildman–Crippen MR) is 139 cm³/mol. The van der Waals surface area contributed by atoms with Gasteiger partial charge in [0.2, 0.25) is 0 Å². The van der Waals surface area contributed by atoms with E-state index >= 15 is 0 Å². The summed E-state index contributed by atoms with van der Waals surface area (Å²) in [4.78, 5) is 26.9. The number of anilines is 2. The standard InChI is InChI=1S/C25H26N6O5/c1-3-17-11-18(16-27-33)13-19(12-17)21-15-22(26-4-2)25(32)30(28-21)24-14-20(5-6-23(24)31(34)35)29-7-9-36-10-8-29/h3,5-6,11-16,26,33H,1,4,7-10H2,2H3. The van der Waals surface area contributed by atoms with E-state index in [2.05, 4.69) is 22.2 Å². The fourth-order valence-corrected chi connectivity index (χ4v) is 4.05. The molecule has 2 aromatic carbocycles. The number of benzene rings is 2. The largest absolute Gasteiger partial charge is 0.411 e. The maximum atomic E-state index is 13.4. The van der Waals surface area contributed by atoms with Crippen LogP contribution in [0, 0.1) is 10.1 Å². The van der Waals surface area contributed by atoms with Crippen LogP contribution in [0.1, 0.15) is 18.1 Å². The molecule has 0 spiro atoms. The van der Waals surface area contributed by atoms with Gasteiger partial charge in [0.05, 0.1) is 30.0 Å². The zero-order chi connectivity index (χ0) is 25.7. The first-order valence-corrected chi connectivity index (χ1v) is 11.4. The number of aromatic nitrogens is 2. The van der Waals surface area contributed by atoms with Crippen molar-refractivity contribution in [2.45, 2.75) is 6.92 Å². The smallest absolute Gasteiger partial charge is 0.295 e. The van der Waals surface area contributed by atoms with Gasteiger partial charge in [-0.05, 0) is 54.4 Å². The quantitative estimate of drug-likeness (QED) is 0.212. The van der Waals surface area contributed by atoms with Crippen LogP contribution in [0.5, 0.6) is 0 Å². The lowest BCUT2D eigenvalue weighted by Gasteiger charge is -2.29. The van der Waals surface area contributed by atoms with Crippen LogP contribution in [0.25, 0.3) is 23.0 Å². The molecule has 0 amide bonds. The summed E-state index contributed by atoms with van der Waals surface area (Å²) < 4.78 is 6.48. The van der Waals surface area contributed by atoms with E-state index in [1.807, 2.05) is 17.9 Å². The molecule has 0 bridgehead atoms. The fourth-order valence-electron chi connectivity index (χ4n) is 4.05. The number of nitrogens with zero attached hydrogens (tertiary/aromatic N) is 5. The third-order valence-corrected chi connectivity index (χ3v) is 5.75. The molecule has 1 saturated heterocycles. The van der Waals surface area contributed by atoms with Gasteiger partial charge in [-0.1, -0.05) is 17.8 Å². The first kappa shape index (κ1) is 24.6. The molecule has 11 heteroatoms. The van der Waals surface area contributed by atoms with Gasteiger partial charge in [-0.3, -0.25) is 14.9 Å². The molecular weight excluding hydrogens is 464 g/mol. The summed E-state index contributed by atoms with van der Waals surface area (Å²) in [6, 6.07) is 11.6. The summed E-state index contributed by atoms with van der Waals surface area (Å²) in [5.74, 6) is 0. The van der Waals surface area contributed by atoms with Crippen molar-refractivity contribution in [2.24, 2.45) is 5.16 Å². The van der Waals surface area contributed by atoms with Crippen molar-refractivity contribution in [1.29, 1.82) is 0 Å². The van der Waals surface area contributed by atoms with Crippen molar-refractivity contribution in [3.8, 4) is 16.9 Å². The van der Waals surface area contributed by atoms with Crippen molar-refractivity contribution in [2.75, 3.05) is 43.1 Å². The number of ether oxygens (including phenoxy) is 1. The van der Waals surface area contributed by atoms with E-state index in [9.17, 15) is 14.9 Å². The van der Waals surface area contributed by atoms with Crippen molar-refractivity contribution in [3.05, 3.63) is 80.6 Å². The lowest BCUT2D eigenvalue weighted by atomic mass is 10.0. The minimum atomic E-state index is -0.527. The molecule has 0 unspecified atom stereocenters. The van der Waals surface area contributed by atoms with Gasteiger partial charge in [-0.2, -0.15) is 9.78 Å². The molecule has 36 heavy (non-hydrogen) atoms. The van der Waals surface area contributed by atoms with E-state index in [-0.39, 0.29) is 17.1 Å². The SMILES string of the molecule is C=Cc1cc(C=NO)cc(-c2cc(NCC)c(=O)n(-c3cc(N4CCOCC4)ccc3[N+](=O)[O-])n2)c1. The first-order chi connectivity index (χ1) is 17.4. The van der Waals surface area contributed by atoms with Crippen LogP contribution >= 0.6 is 0 Å². The van der Waals surface area contributed by atoms with Gasteiger partial charge in [0.1, 0.15) is 11.4 Å². The minimum Gasteiger partial charge on any atom is -0.411 e. The molecule has 1 fully saturated rings. The van der Waals surface area contributed by atoms with E-state index in [0.717, 1.165) is 15.9 Å². The zero-order valence-electron chi connectivity index (χ0n) is 19.8. The third kappa shape index (κ3) is 5.10. The molecule has 2 heterocycles. The Bertz CT molecular complexity index is 1380. The zero-order valence-corrected chi connectivity index (χ0v) is 19.8. The van der Waals surface area contributed by atoms with Crippen LogP contribution in [-0.4, -0.2) is 59.0 Å². The Morgan fingerprint density at radius 1 is 1.22 bits per heavy atom. The van der Waals surface area contributed by atoms with Gasteiger partial charge in [0, 0.05) is 37.0 Å². The molecule has 0 aliphatic carbocycles. The predicted octanol–water partition coefficient (Wildman–Crippen LogP) is 3.53. The van der Waals surface area contributed by atoms with E-state index in [1.165, 1.54) is 12.3 Å². The average molecular weight is 491 g/mol. The van der Waals surface area contributed by atoms with Gasteiger partial charge in [-0.25, -0.2) is 0 Å². The van der Waals surface area contributed by atoms with E-state index in [4.69, 9.17) is 9.94 Å². The van der Waals surface area contributed by atoms with Crippen molar-refractivity contribution < 1.29 is 14.9 Å². The number of nitrogens with one attached hydrogen (secondary N) is 1. The van der Waals surface area contributed by atoms with Crippen LogP contribution in [0.15, 0.2) is 59.0 Å². The number of morpholine rings is 1. The molecule has 4 rings (SSSR count). The lowest BCUT2D eigenvalue weighted by molar-refractivity contribution is -0.384. The van der Waals surface area contributed by atoms with Crippen LogP contribution < -0.4 is 15.8 Å². The minimum absolute atomic E-state index is 0.0621. The molecule has 1 aliphatic heterocycles. The fraction of sp³-hybridized carbons (Fsp3) is 0.240. The average Bonchev–Trinajstić information content (AvgIpc) is 2.90. The Balaban J connectivity index is 1.95. The number of nitro benzene ring substituents is 1. The van der Waals surface area contributed by atoms with E-state index in [0.29, 0.717) is 49.7 Å². The normalized spacial score (nSPS) is 13.6. The number of hydrogen-bond donors (Lipinski definition) is 2. The highest BCUT2D eigenvalue weighted by Gasteiger charge is 2.23. The Hall–Kier alpha value is -4.51. The lowest BCUT2D eigenvalue weighted by Crippen LogP contribution is -2.36. The van der Waals surface area contributed by atoms with Crippen LogP contribution in [0.3, 0.4) is 0 Å². The van der Waals surface area contributed by atoms with Crippen LogP contribution in [0.2, 0.25) is 0 Å². The second-order valence-electron chi connectivity index (χ2n) is 8.06. The number of hydrogen-bond acceptors (Lipinski definition) is 9. The summed E-state index contributed by atoms with van der Waals surface area (Å²) in [5.41, 5.74) is 2.63. The van der Waals surface area contributed by atoms with Crippen LogP contribution in [0.4, 0.5) is 17.1 Å². The number of nitro groups is 1. The van der Waals surface area contributed by atoms with Gasteiger partial charge in [0.15, 0.2) is 0 Å². The molecule has 1 aromatic heterocycles. The highest BCUT2D eigenvalue weighted by atomic mass is 16.6. The molecule has 0 radical (unpaired) electrons. The second-order valence-corrected chi connectivity index (χ2v) is 8.06. The maximum Gasteiger partial charge on any atom is 0.295 e. The molecular formula is C25H26N6O5. The monoisotopic (exact) mass is 490 g/mol. The van der Waals surface area contributed by atoms with Gasteiger partial charge >= 0.3 is 0 Å². The summed E-state index contributed by atoms with van der Waals surface area (Å²) in [5, 5.41) is 31.6. The van der Waals surface area contributed by atoms with Crippen molar-refractivity contribution in [1.82, 2.24) is 9.78 Å². The van der Waals surface area contributed by atoms with Gasteiger partial charge in [-0.15, -0.1) is 0 Å². The molecule has 11 nitrogen and oxygen atoms in total.